The second kappa shape index (κ2) is 6.43. The summed E-state index contributed by atoms with van der Waals surface area (Å²) in [4.78, 5) is 18.3. The highest BCUT2D eigenvalue weighted by molar-refractivity contribution is 5.82. The minimum absolute atomic E-state index is 0.0239. The van der Waals surface area contributed by atoms with E-state index in [2.05, 4.69) is 11.1 Å². The van der Waals surface area contributed by atoms with E-state index < -0.39 is 11.8 Å². The largest absolute Gasteiger partial charge is 0.357 e. The van der Waals surface area contributed by atoms with Gasteiger partial charge in [-0.05, 0) is 49.6 Å². The Kier molecular flexibility index (Phi) is 4.26. The van der Waals surface area contributed by atoms with Crippen LogP contribution in [0.1, 0.15) is 56.7 Å². The fourth-order valence-electron chi connectivity index (χ4n) is 4.41. The van der Waals surface area contributed by atoms with Crippen LogP contribution in [0.4, 0.5) is 8.78 Å². The summed E-state index contributed by atoms with van der Waals surface area (Å²) >= 11 is 0. The number of hydrogen-bond acceptors (Lipinski definition) is 1. The maximum Gasteiger partial charge on any atom is 0.248 e. The average molecular weight is 346 g/mol. The number of nitrogens with zero attached hydrogens (tertiary/aromatic N) is 1. The molecule has 134 valence electrons. The van der Waals surface area contributed by atoms with Gasteiger partial charge in [0.15, 0.2) is 0 Å². The summed E-state index contributed by atoms with van der Waals surface area (Å²) in [5, 5.41) is 1.12. The third-order valence-corrected chi connectivity index (χ3v) is 5.69. The van der Waals surface area contributed by atoms with Gasteiger partial charge in [-0.15, -0.1) is 0 Å². The average Bonchev–Trinajstić information content (AvgIpc) is 3.04. The summed E-state index contributed by atoms with van der Waals surface area (Å²) in [7, 11) is 0. The zero-order valence-electron chi connectivity index (χ0n) is 14.3. The van der Waals surface area contributed by atoms with Gasteiger partial charge in [-0.3, -0.25) is 4.79 Å². The van der Waals surface area contributed by atoms with Gasteiger partial charge in [-0.25, -0.2) is 8.78 Å². The summed E-state index contributed by atoms with van der Waals surface area (Å²) in [6, 6.07) is 10.1. The first kappa shape index (κ1) is 16.6. The fraction of sp³-hybridized carbons (Fsp3) is 0.550. The number of aromatic nitrogens is 1. The van der Waals surface area contributed by atoms with Crippen molar-refractivity contribution < 1.29 is 13.6 Å². The van der Waals surface area contributed by atoms with Gasteiger partial charge in [0.1, 0.15) is 0 Å². The van der Waals surface area contributed by atoms with Crippen molar-refractivity contribution in [2.75, 3.05) is 6.54 Å². The zero-order valence-corrected chi connectivity index (χ0v) is 14.3. The van der Waals surface area contributed by atoms with E-state index in [1.807, 2.05) is 29.2 Å². The molecule has 1 aliphatic carbocycles. The molecule has 1 aromatic carbocycles. The van der Waals surface area contributed by atoms with Crippen molar-refractivity contribution >= 4 is 16.8 Å². The molecule has 1 amide bonds. The summed E-state index contributed by atoms with van der Waals surface area (Å²) in [6.45, 7) is 0.668. The molecule has 2 aromatic rings. The SMILES string of the molecule is O=C([C@@H]1CCCC(F)(F)C1)N1CCCC[C@H]1c1cc2ccccc2[nH]1. The van der Waals surface area contributed by atoms with Gasteiger partial charge >= 0.3 is 0 Å². The van der Waals surface area contributed by atoms with E-state index in [1.165, 1.54) is 0 Å². The van der Waals surface area contributed by atoms with Crippen LogP contribution in [0.2, 0.25) is 0 Å². The van der Waals surface area contributed by atoms with Crippen LogP contribution >= 0.6 is 0 Å². The number of likely N-dealkylation sites (tertiary alicyclic amines) is 1. The number of nitrogens with one attached hydrogen (secondary N) is 1. The lowest BCUT2D eigenvalue weighted by Gasteiger charge is -2.39. The highest BCUT2D eigenvalue weighted by Gasteiger charge is 2.42. The molecule has 1 saturated carbocycles. The van der Waals surface area contributed by atoms with Gasteiger partial charge in [-0.2, -0.15) is 0 Å². The molecule has 0 unspecified atom stereocenters. The van der Waals surface area contributed by atoms with Crippen LogP contribution in [0.3, 0.4) is 0 Å². The summed E-state index contributed by atoms with van der Waals surface area (Å²) < 4.78 is 27.5. The highest BCUT2D eigenvalue weighted by Crippen LogP contribution is 2.40. The Balaban J connectivity index is 1.59. The number of para-hydroxylation sites is 1. The predicted molar refractivity (Wildman–Crippen MR) is 93.5 cm³/mol. The van der Waals surface area contributed by atoms with Gasteiger partial charge in [0.05, 0.1) is 6.04 Å². The molecular formula is C20H24F2N2O. The Morgan fingerprint density at radius 2 is 2.00 bits per heavy atom. The van der Waals surface area contributed by atoms with E-state index in [0.29, 0.717) is 19.4 Å². The van der Waals surface area contributed by atoms with E-state index >= 15 is 0 Å². The third kappa shape index (κ3) is 3.29. The van der Waals surface area contributed by atoms with Gasteiger partial charge in [0.2, 0.25) is 11.8 Å². The Bertz CT molecular complexity index is 737. The minimum Gasteiger partial charge on any atom is -0.357 e. The number of carbonyl (C=O) groups is 1. The molecule has 0 bridgehead atoms. The van der Waals surface area contributed by atoms with Crippen molar-refractivity contribution in [2.45, 2.75) is 56.9 Å². The summed E-state index contributed by atoms with van der Waals surface area (Å²) in [5.41, 5.74) is 2.08. The van der Waals surface area contributed by atoms with Crippen LogP contribution in [0.15, 0.2) is 30.3 Å². The Hall–Kier alpha value is -1.91. The highest BCUT2D eigenvalue weighted by atomic mass is 19.3. The zero-order chi connectivity index (χ0) is 17.4. The lowest BCUT2D eigenvalue weighted by molar-refractivity contribution is -0.146. The lowest BCUT2D eigenvalue weighted by atomic mass is 9.84. The first-order valence-corrected chi connectivity index (χ1v) is 9.29. The van der Waals surface area contributed by atoms with Crippen molar-refractivity contribution in [2.24, 2.45) is 5.92 Å². The molecule has 5 heteroatoms. The smallest absolute Gasteiger partial charge is 0.248 e. The first-order valence-electron chi connectivity index (χ1n) is 9.29. The topological polar surface area (TPSA) is 36.1 Å². The second-order valence-corrected chi connectivity index (χ2v) is 7.50. The molecule has 4 rings (SSSR count). The number of hydrogen-bond donors (Lipinski definition) is 1. The van der Waals surface area contributed by atoms with Crippen molar-refractivity contribution in [3.05, 3.63) is 36.0 Å². The molecule has 1 aromatic heterocycles. The molecule has 0 radical (unpaired) electrons. The Morgan fingerprint density at radius 1 is 1.16 bits per heavy atom. The number of fused-ring (bicyclic) bond motifs is 1. The van der Waals surface area contributed by atoms with E-state index in [4.69, 9.17) is 0 Å². The standard InChI is InChI=1S/C20H24F2N2O/c21-20(22)10-5-7-15(13-20)19(25)24-11-4-3-9-18(24)17-12-14-6-1-2-8-16(14)23-17/h1-2,6,8,12,15,18,23H,3-5,7,9-11,13H2/t15-,18+/m1/s1. The van der Waals surface area contributed by atoms with Crippen LogP contribution < -0.4 is 0 Å². The number of H-pyrrole nitrogens is 1. The molecule has 2 heterocycles. The number of amides is 1. The number of piperidine rings is 1. The van der Waals surface area contributed by atoms with Gasteiger partial charge in [-0.1, -0.05) is 18.2 Å². The van der Waals surface area contributed by atoms with Crippen LogP contribution in [-0.4, -0.2) is 28.3 Å². The van der Waals surface area contributed by atoms with Crippen molar-refractivity contribution in [1.29, 1.82) is 0 Å². The predicted octanol–water partition coefficient (Wildman–Crippen LogP) is 5.05. The van der Waals surface area contributed by atoms with Crippen LogP contribution in [-0.2, 0) is 4.79 Å². The maximum atomic E-state index is 13.8. The molecule has 1 saturated heterocycles. The van der Waals surface area contributed by atoms with Gasteiger partial charge in [0.25, 0.3) is 0 Å². The van der Waals surface area contributed by atoms with E-state index in [-0.39, 0.29) is 24.8 Å². The minimum atomic E-state index is -2.69. The van der Waals surface area contributed by atoms with Gasteiger partial charge in [0, 0.05) is 36.5 Å². The van der Waals surface area contributed by atoms with Crippen LogP contribution in [0, 0.1) is 5.92 Å². The maximum absolute atomic E-state index is 13.8. The molecule has 2 aliphatic rings. The monoisotopic (exact) mass is 346 g/mol. The number of aromatic amines is 1. The molecular weight excluding hydrogens is 322 g/mol. The molecule has 2 atom stereocenters. The fourth-order valence-corrected chi connectivity index (χ4v) is 4.41. The van der Waals surface area contributed by atoms with E-state index in [9.17, 15) is 13.6 Å². The number of halogens is 2. The number of alkyl halides is 2. The number of benzene rings is 1. The summed E-state index contributed by atoms with van der Waals surface area (Å²) in [5.74, 6) is -3.30. The van der Waals surface area contributed by atoms with Crippen molar-refractivity contribution in [3.8, 4) is 0 Å². The quantitative estimate of drug-likeness (QED) is 0.812. The molecule has 1 aliphatic heterocycles. The second-order valence-electron chi connectivity index (χ2n) is 7.50. The van der Waals surface area contributed by atoms with E-state index in [0.717, 1.165) is 35.9 Å². The molecule has 25 heavy (non-hydrogen) atoms. The van der Waals surface area contributed by atoms with E-state index in [1.54, 1.807) is 0 Å². The Morgan fingerprint density at radius 3 is 2.80 bits per heavy atom. The third-order valence-electron chi connectivity index (χ3n) is 5.69. The Labute approximate surface area is 146 Å². The lowest BCUT2D eigenvalue weighted by Crippen LogP contribution is -2.44. The molecule has 0 spiro atoms. The number of carbonyl (C=O) groups excluding carboxylic acids is 1. The summed E-state index contributed by atoms with van der Waals surface area (Å²) in [6.07, 6.45) is 3.56. The normalized spacial score (nSPS) is 26.7. The molecule has 3 nitrogen and oxygen atoms in total. The van der Waals surface area contributed by atoms with Crippen molar-refractivity contribution in [1.82, 2.24) is 9.88 Å². The first-order chi connectivity index (χ1) is 12.0. The van der Waals surface area contributed by atoms with Gasteiger partial charge < -0.3 is 9.88 Å². The van der Waals surface area contributed by atoms with Crippen molar-refractivity contribution in [3.63, 3.8) is 0 Å². The number of rotatable bonds is 2. The molecule has 1 N–H and O–H groups in total. The van der Waals surface area contributed by atoms with Crippen LogP contribution in [0.5, 0.6) is 0 Å². The van der Waals surface area contributed by atoms with Crippen LogP contribution in [0.25, 0.3) is 10.9 Å². The molecule has 2 fully saturated rings.